The van der Waals surface area contributed by atoms with Crippen LogP contribution in [0.3, 0.4) is 0 Å². The Morgan fingerprint density at radius 2 is 1.75 bits per heavy atom. The fourth-order valence-electron chi connectivity index (χ4n) is 1.81. The Bertz CT molecular complexity index is 178. The number of nitrogens with zero attached hydrogens (tertiary/aromatic N) is 1. The van der Waals surface area contributed by atoms with Gasteiger partial charge in [-0.3, -0.25) is 5.41 Å². The van der Waals surface area contributed by atoms with E-state index in [1.54, 1.807) is 0 Å². The molecule has 0 aliphatic carbocycles. The van der Waals surface area contributed by atoms with Crippen molar-refractivity contribution in [2.24, 2.45) is 5.73 Å². The van der Waals surface area contributed by atoms with Gasteiger partial charge < -0.3 is 10.6 Å². The van der Waals surface area contributed by atoms with Crippen LogP contribution >= 0.6 is 0 Å². The van der Waals surface area contributed by atoms with E-state index < -0.39 is 0 Å². The SMILES string of the molecule is CCCCCCCN(CCC(=N)N)C(C)C. The van der Waals surface area contributed by atoms with Gasteiger partial charge in [-0.1, -0.05) is 32.6 Å². The summed E-state index contributed by atoms with van der Waals surface area (Å²) < 4.78 is 0. The fraction of sp³-hybridized carbons (Fsp3) is 0.923. The molecule has 0 atom stereocenters. The number of hydrogen-bond donors (Lipinski definition) is 2. The van der Waals surface area contributed by atoms with Crippen molar-refractivity contribution < 1.29 is 0 Å². The van der Waals surface area contributed by atoms with Crippen molar-refractivity contribution in [3.05, 3.63) is 0 Å². The van der Waals surface area contributed by atoms with Gasteiger partial charge in [-0.2, -0.15) is 0 Å². The molecule has 16 heavy (non-hydrogen) atoms. The predicted octanol–water partition coefficient (Wildman–Crippen LogP) is 2.99. The highest BCUT2D eigenvalue weighted by Crippen LogP contribution is 2.06. The standard InChI is InChI=1S/C13H29N3/c1-4-5-6-7-8-10-16(12(2)3)11-9-13(14)15/h12H,4-11H2,1-3H3,(H3,14,15). The average Bonchev–Trinajstić information content (AvgIpc) is 2.21. The van der Waals surface area contributed by atoms with Gasteiger partial charge in [-0.05, 0) is 26.8 Å². The van der Waals surface area contributed by atoms with E-state index in [1.165, 1.54) is 32.1 Å². The molecule has 0 heterocycles. The minimum atomic E-state index is 0.302. The van der Waals surface area contributed by atoms with Gasteiger partial charge in [0.15, 0.2) is 0 Å². The van der Waals surface area contributed by atoms with Crippen LogP contribution in [0.1, 0.15) is 59.3 Å². The number of rotatable bonds is 10. The van der Waals surface area contributed by atoms with E-state index in [4.69, 9.17) is 11.1 Å². The average molecular weight is 227 g/mol. The zero-order chi connectivity index (χ0) is 12.4. The normalized spacial score (nSPS) is 11.3. The second-order valence-corrected chi connectivity index (χ2v) is 4.82. The Morgan fingerprint density at radius 1 is 1.12 bits per heavy atom. The van der Waals surface area contributed by atoms with Gasteiger partial charge in [-0.25, -0.2) is 0 Å². The lowest BCUT2D eigenvalue weighted by Crippen LogP contribution is -2.34. The summed E-state index contributed by atoms with van der Waals surface area (Å²) >= 11 is 0. The van der Waals surface area contributed by atoms with Crippen LogP contribution in [0.25, 0.3) is 0 Å². The molecule has 0 spiro atoms. The third-order valence-electron chi connectivity index (χ3n) is 2.95. The molecule has 0 rings (SSSR count). The second-order valence-electron chi connectivity index (χ2n) is 4.82. The van der Waals surface area contributed by atoms with Crippen LogP contribution in [-0.2, 0) is 0 Å². The summed E-state index contributed by atoms with van der Waals surface area (Å²) in [6, 6.07) is 0.561. The highest BCUT2D eigenvalue weighted by atomic mass is 15.1. The van der Waals surface area contributed by atoms with Crippen molar-refractivity contribution in [3.63, 3.8) is 0 Å². The second kappa shape index (κ2) is 9.64. The molecule has 0 fully saturated rings. The van der Waals surface area contributed by atoms with Crippen LogP contribution in [0, 0.1) is 5.41 Å². The lowest BCUT2D eigenvalue weighted by molar-refractivity contribution is 0.222. The summed E-state index contributed by atoms with van der Waals surface area (Å²) in [6.07, 6.45) is 7.32. The van der Waals surface area contributed by atoms with Crippen LogP contribution in [-0.4, -0.2) is 29.9 Å². The Labute approximate surface area is 101 Å². The summed E-state index contributed by atoms with van der Waals surface area (Å²) in [5.41, 5.74) is 5.39. The Balaban J connectivity index is 3.64. The number of nitrogens with one attached hydrogen (secondary N) is 1. The molecule has 0 aromatic carbocycles. The van der Waals surface area contributed by atoms with Crippen molar-refractivity contribution in [2.45, 2.75) is 65.3 Å². The van der Waals surface area contributed by atoms with Crippen molar-refractivity contribution in [2.75, 3.05) is 13.1 Å². The number of unbranched alkanes of at least 4 members (excludes halogenated alkanes) is 4. The van der Waals surface area contributed by atoms with Gasteiger partial charge in [0.1, 0.15) is 0 Å². The van der Waals surface area contributed by atoms with Crippen molar-refractivity contribution in [1.82, 2.24) is 4.90 Å². The van der Waals surface area contributed by atoms with Crippen molar-refractivity contribution in [1.29, 1.82) is 5.41 Å². The Morgan fingerprint density at radius 3 is 2.25 bits per heavy atom. The summed E-state index contributed by atoms with van der Waals surface area (Å²) in [4.78, 5) is 2.42. The molecule has 0 aliphatic heterocycles. The largest absolute Gasteiger partial charge is 0.388 e. The zero-order valence-corrected chi connectivity index (χ0v) is 11.3. The first-order valence-corrected chi connectivity index (χ1v) is 6.64. The molecule has 3 nitrogen and oxygen atoms in total. The molecule has 96 valence electrons. The highest BCUT2D eigenvalue weighted by Gasteiger charge is 2.08. The van der Waals surface area contributed by atoms with E-state index >= 15 is 0 Å². The zero-order valence-electron chi connectivity index (χ0n) is 11.3. The van der Waals surface area contributed by atoms with Gasteiger partial charge in [0, 0.05) is 19.0 Å². The Hall–Kier alpha value is -0.570. The van der Waals surface area contributed by atoms with Crippen LogP contribution in [0.4, 0.5) is 0 Å². The quantitative estimate of drug-likeness (QED) is 0.342. The van der Waals surface area contributed by atoms with E-state index in [0.29, 0.717) is 18.3 Å². The third-order valence-corrected chi connectivity index (χ3v) is 2.95. The minimum Gasteiger partial charge on any atom is -0.388 e. The molecule has 0 saturated carbocycles. The smallest absolute Gasteiger partial charge is 0.0918 e. The number of nitrogens with two attached hydrogens (primary N) is 1. The molecule has 0 aromatic rings. The van der Waals surface area contributed by atoms with Crippen molar-refractivity contribution >= 4 is 5.84 Å². The van der Waals surface area contributed by atoms with Crippen LogP contribution < -0.4 is 5.73 Å². The van der Waals surface area contributed by atoms with E-state index in [0.717, 1.165) is 13.1 Å². The maximum absolute atomic E-state index is 7.25. The summed E-state index contributed by atoms with van der Waals surface area (Å²) in [5.74, 6) is 0.302. The number of hydrogen-bond acceptors (Lipinski definition) is 2. The maximum Gasteiger partial charge on any atom is 0.0918 e. The van der Waals surface area contributed by atoms with Crippen LogP contribution in [0.15, 0.2) is 0 Å². The lowest BCUT2D eigenvalue weighted by atomic mass is 10.1. The van der Waals surface area contributed by atoms with Gasteiger partial charge in [0.25, 0.3) is 0 Å². The molecule has 0 aromatic heterocycles. The van der Waals surface area contributed by atoms with Crippen LogP contribution in [0.5, 0.6) is 0 Å². The van der Waals surface area contributed by atoms with Crippen LogP contribution in [0.2, 0.25) is 0 Å². The molecule has 0 bridgehead atoms. The molecule has 0 saturated heterocycles. The molecule has 0 amide bonds. The molecule has 0 aliphatic rings. The molecular formula is C13H29N3. The molecule has 3 heteroatoms. The number of amidine groups is 1. The Kier molecular flexibility index (Phi) is 9.30. The van der Waals surface area contributed by atoms with E-state index in [-0.39, 0.29) is 0 Å². The van der Waals surface area contributed by atoms with E-state index in [2.05, 4.69) is 25.7 Å². The van der Waals surface area contributed by atoms with E-state index in [1.807, 2.05) is 0 Å². The predicted molar refractivity (Wildman–Crippen MR) is 72.0 cm³/mol. The lowest BCUT2D eigenvalue weighted by Gasteiger charge is -2.26. The van der Waals surface area contributed by atoms with Crippen molar-refractivity contribution in [3.8, 4) is 0 Å². The monoisotopic (exact) mass is 227 g/mol. The third kappa shape index (κ3) is 8.72. The first kappa shape index (κ1) is 15.4. The topological polar surface area (TPSA) is 53.1 Å². The summed E-state index contributed by atoms with van der Waals surface area (Å²) in [6.45, 7) is 8.75. The maximum atomic E-state index is 7.25. The van der Waals surface area contributed by atoms with Gasteiger partial charge >= 0.3 is 0 Å². The fourth-order valence-corrected chi connectivity index (χ4v) is 1.81. The van der Waals surface area contributed by atoms with Gasteiger partial charge in [0.2, 0.25) is 0 Å². The van der Waals surface area contributed by atoms with E-state index in [9.17, 15) is 0 Å². The summed E-state index contributed by atoms with van der Waals surface area (Å²) in [7, 11) is 0. The van der Waals surface area contributed by atoms with Gasteiger partial charge in [-0.15, -0.1) is 0 Å². The molecule has 0 radical (unpaired) electrons. The highest BCUT2D eigenvalue weighted by molar-refractivity contribution is 5.76. The summed E-state index contributed by atoms with van der Waals surface area (Å²) in [5, 5.41) is 7.25. The minimum absolute atomic E-state index is 0.302. The van der Waals surface area contributed by atoms with Gasteiger partial charge in [0.05, 0.1) is 5.84 Å². The molecule has 0 unspecified atom stereocenters. The molecule has 3 N–H and O–H groups in total. The first-order valence-electron chi connectivity index (χ1n) is 6.64. The molecular weight excluding hydrogens is 198 g/mol. The first-order chi connectivity index (χ1) is 7.57.